The van der Waals surface area contributed by atoms with E-state index in [0.29, 0.717) is 26.1 Å². The van der Waals surface area contributed by atoms with Gasteiger partial charge in [0.25, 0.3) is 5.91 Å². The molecule has 0 spiro atoms. The number of rotatable bonds is 11. The average molecular weight is 596 g/mol. The van der Waals surface area contributed by atoms with Gasteiger partial charge < -0.3 is 14.5 Å². The summed E-state index contributed by atoms with van der Waals surface area (Å²) in [6, 6.07) is 5.21. The molecule has 0 radical (unpaired) electrons. The lowest BCUT2D eigenvalue weighted by molar-refractivity contribution is -0.138. The molecule has 1 aromatic rings. The topological polar surface area (TPSA) is 80.1 Å². The number of amides is 2. The summed E-state index contributed by atoms with van der Waals surface area (Å²) in [5, 5.41) is 9.26. The summed E-state index contributed by atoms with van der Waals surface area (Å²) >= 11 is 5.57. The van der Waals surface area contributed by atoms with Gasteiger partial charge in [-0.3, -0.25) is 19.4 Å². The number of methoxy groups -OCH3 is 1. The normalized spacial score (nSPS) is 21.5. The van der Waals surface area contributed by atoms with E-state index in [-0.39, 0.29) is 28.8 Å². The van der Waals surface area contributed by atoms with Crippen LogP contribution in [0.4, 0.5) is 18.9 Å². The first-order valence-corrected chi connectivity index (χ1v) is 14.4. The minimum Gasteiger partial charge on any atom is -0.384 e. The van der Waals surface area contributed by atoms with Gasteiger partial charge in [-0.25, -0.2) is 0 Å². The molecule has 3 rings (SSSR count). The number of thiocarbonyl (C=S) groups is 1. The summed E-state index contributed by atoms with van der Waals surface area (Å²) in [5.74, 6) is -0.270. The second-order valence-electron chi connectivity index (χ2n) is 11.4. The number of ether oxygens (including phenoxy) is 1. The maximum atomic E-state index is 13.5. The van der Waals surface area contributed by atoms with Gasteiger partial charge in [-0.05, 0) is 77.5 Å². The minimum absolute atomic E-state index is 0.00532. The number of carbonyl (C=O) groups is 2. The number of alkyl halides is 3. The van der Waals surface area contributed by atoms with E-state index in [1.807, 2.05) is 4.90 Å². The van der Waals surface area contributed by atoms with E-state index in [0.717, 1.165) is 55.8 Å². The third-order valence-corrected chi connectivity index (χ3v) is 8.45. The van der Waals surface area contributed by atoms with Crippen LogP contribution in [0, 0.1) is 11.3 Å². The highest BCUT2D eigenvalue weighted by Gasteiger charge is 2.49. The van der Waals surface area contributed by atoms with Crippen molar-refractivity contribution >= 4 is 34.8 Å². The zero-order chi connectivity index (χ0) is 30.5. The molecule has 0 N–H and O–H groups in total. The molecule has 226 valence electrons. The molecule has 1 aromatic carbocycles. The molecular formula is C29H40F3N5O3S. The van der Waals surface area contributed by atoms with Crippen LogP contribution in [-0.2, 0) is 20.5 Å². The van der Waals surface area contributed by atoms with Crippen LogP contribution in [-0.4, -0.2) is 89.1 Å². The number of benzene rings is 1. The van der Waals surface area contributed by atoms with Crippen LogP contribution in [0.5, 0.6) is 0 Å². The smallest absolute Gasteiger partial charge is 0.384 e. The monoisotopic (exact) mass is 595 g/mol. The van der Waals surface area contributed by atoms with Gasteiger partial charge in [-0.15, -0.1) is 0 Å². The number of nitrogens with zero attached hydrogens (tertiary/aromatic N) is 5. The number of anilines is 1. The number of hydrogen-bond acceptors (Lipinski definition) is 6. The average Bonchev–Trinajstić information content (AvgIpc) is 3.08. The first-order valence-electron chi connectivity index (χ1n) is 14.0. The van der Waals surface area contributed by atoms with Crippen molar-refractivity contribution in [2.24, 2.45) is 0 Å². The fraction of sp³-hybridized carbons (Fsp3) is 0.655. The Morgan fingerprint density at radius 3 is 2.39 bits per heavy atom. The van der Waals surface area contributed by atoms with E-state index in [1.54, 1.807) is 31.9 Å². The highest BCUT2D eigenvalue weighted by molar-refractivity contribution is 7.80. The molecule has 41 heavy (non-hydrogen) atoms. The van der Waals surface area contributed by atoms with Crippen molar-refractivity contribution in [3.8, 4) is 6.07 Å². The maximum Gasteiger partial charge on any atom is 0.417 e. The molecule has 2 saturated heterocycles. The molecule has 2 unspecified atom stereocenters. The Hall–Kier alpha value is -2.75. The minimum atomic E-state index is -4.73. The molecule has 12 heteroatoms. The molecule has 2 amide bonds. The number of carbonyl (C=O) groups excluding carboxylic acids is 2. The zero-order valence-corrected chi connectivity index (χ0v) is 25.3. The lowest BCUT2D eigenvalue weighted by atomic mass is 10.0. The quantitative estimate of drug-likeness (QED) is 0.268. The van der Waals surface area contributed by atoms with Gasteiger partial charge in [0.05, 0.1) is 35.9 Å². The first-order chi connectivity index (χ1) is 19.2. The Balaban J connectivity index is 1.51. The Morgan fingerprint density at radius 2 is 1.78 bits per heavy atom. The van der Waals surface area contributed by atoms with Crippen LogP contribution in [0.15, 0.2) is 18.2 Å². The molecule has 2 aliphatic heterocycles. The second-order valence-corrected chi connectivity index (χ2v) is 11.7. The number of unbranched alkanes of at least 4 members (excludes halogenated alkanes) is 3. The van der Waals surface area contributed by atoms with E-state index in [2.05, 4.69) is 18.7 Å². The van der Waals surface area contributed by atoms with Crippen molar-refractivity contribution in [1.29, 1.82) is 5.26 Å². The highest BCUT2D eigenvalue weighted by atomic mass is 32.1. The van der Waals surface area contributed by atoms with E-state index in [4.69, 9.17) is 22.2 Å². The first kappa shape index (κ1) is 32.8. The lowest BCUT2D eigenvalue weighted by Gasteiger charge is -2.44. The largest absolute Gasteiger partial charge is 0.417 e. The predicted molar refractivity (Wildman–Crippen MR) is 154 cm³/mol. The summed E-state index contributed by atoms with van der Waals surface area (Å²) in [4.78, 5) is 33.0. The Bertz CT molecular complexity index is 1170. The fourth-order valence-corrected chi connectivity index (χ4v) is 6.08. The summed E-state index contributed by atoms with van der Waals surface area (Å²) in [6.45, 7) is 11.1. The zero-order valence-electron chi connectivity index (χ0n) is 24.5. The van der Waals surface area contributed by atoms with Crippen molar-refractivity contribution in [3.63, 3.8) is 0 Å². The number of piperazine rings is 1. The van der Waals surface area contributed by atoms with Crippen LogP contribution >= 0.6 is 12.2 Å². The van der Waals surface area contributed by atoms with Crippen LogP contribution in [0.2, 0.25) is 0 Å². The molecule has 8 nitrogen and oxygen atoms in total. The standard InChI is InChI=1S/C29H40F3N5O3S/c1-20-19-35(25(38)12-15-40-5)21(2)18-34(20)13-8-6-7-9-14-36-27(41)37(26(39)28(36,3)4)23-11-10-22(17-33)24(16-23)29(30,31)32/h10-11,16,20-21H,6-9,12-15,18-19H2,1-5H3. The Labute approximate surface area is 246 Å². The second kappa shape index (κ2) is 13.5. The van der Waals surface area contributed by atoms with Crippen LogP contribution < -0.4 is 4.90 Å². The maximum absolute atomic E-state index is 13.5. The highest BCUT2D eigenvalue weighted by Crippen LogP contribution is 2.38. The van der Waals surface area contributed by atoms with E-state index in [1.165, 1.54) is 6.07 Å². The van der Waals surface area contributed by atoms with Gasteiger partial charge in [0.1, 0.15) is 5.54 Å². The van der Waals surface area contributed by atoms with Crippen molar-refractivity contribution in [2.45, 2.75) is 83.6 Å². The Morgan fingerprint density at radius 1 is 1.12 bits per heavy atom. The van der Waals surface area contributed by atoms with Gasteiger partial charge >= 0.3 is 6.18 Å². The van der Waals surface area contributed by atoms with Crippen molar-refractivity contribution in [2.75, 3.05) is 44.8 Å². The molecule has 0 bridgehead atoms. The van der Waals surface area contributed by atoms with Crippen LogP contribution in [0.3, 0.4) is 0 Å². The van der Waals surface area contributed by atoms with Gasteiger partial charge in [-0.2, -0.15) is 18.4 Å². The van der Waals surface area contributed by atoms with Gasteiger partial charge in [0, 0.05) is 38.8 Å². The summed E-state index contributed by atoms with van der Waals surface area (Å²) < 4.78 is 45.6. The van der Waals surface area contributed by atoms with Crippen molar-refractivity contribution in [3.05, 3.63) is 29.3 Å². The van der Waals surface area contributed by atoms with E-state index >= 15 is 0 Å². The Kier molecular flexibility index (Phi) is 10.8. The molecule has 2 fully saturated rings. The number of halogens is 3. The third-order valence-electron chi connectivity index (χ3n) is 8.04. The van der Waals surface area contributed by atoms with E-state index < -0.39 is 28.7 Å². The molecule has 0 aliphatic carbocycles. The summed E-state index contributed by atoms with van der Waals surface area (Å²) in [6.07, 6.45) is -0.657. The predicted octanol–water partition coefficient (Wildman–Crippen LogP) is 4.81. The van der Waals surface area contributed by atoms with Gasteiger partial charge in [0.15, 0.2) is 5.11 Å². The third kappa shape index (κ3) is 7.37. The molecular weight excluding hydrogens is 555 g/mol. The number of hydrogen-bond donors (Lipinski definition) is 0. The summed E-state index contributed by atoms with van der Waals surface area (Å²) in [5.41, 5.74) is -2.59. The number of nitriles is 1. The van der Waals surface area contributed by atoms with Gasteiger partial charge in [0.2, 0.25) is 5.91 Å². The molecule has 2 aliphatic rings. The molecule has 2 heterocycles. The molecule has 0 saturated carbocycles. The van der Waals surface area contributed by atoms with Crippen molar-refractivity contribution < 1.29 is 27.5 Å². The van der Waals surface area contributed by atoms with E-state index in [9.17, 15) is 22.8 Å². The van der Waals surface area contributed by atoms with Gasteiger partial charge in [-0.1, -0.05) is 12.8 Å². The van der Waals surface area contributed by atoms with Crippen LogP contribution in [0.25, 0.3) is 0 Å². The van der Waals surface area contributed by atoms with Crippen molar-refractivity contribution in [1.82, 2.24) is 14.7 Å². The fourth-order valence-electron chi connectivity index (χ4n) is 5.57. The lowest BCUT2D eigenvalue weighted by Crippen LogP contribution is -2.58. The molecule has 2 atom stereocenters. The summed E-state index contributed by atoms with van der Waals surface area (Å²) in [7, 11) is 1.60. The molecule has 0 aromatic heterocycles. The van der Waals surface area contributed by atoms with Crippen LogP contribution in [0.1, 0.15) is 70.9 Å². The SMILES string of the molecule is COCCC(=O)N1CC(C)N(CCCCCCN2C(=S)N(c3ccc(C#N)c(C(F)(F)F)c3)C(=O)C2(C)C)CC1C.